The molecule has 8 aromatic carbocycles. The molecule has 0 spiro atoms. The zero-order valence-electron chi connectivity index (χ0n) is 27.5. The van der Waals surface area contributed by atoms with Crippen LogP contribution in [0.25, 0.3) is 99.9 Å². The summed E-state index contributed by atoms with van der Waals surface area (Å²) in [6.45, 7) is 0. The molecule has 0 fully saturated rings. The Hall–Kier alpha value is -6.91. The van der Waals surface area contributed by atoms with Crippen LogP contribution in [-0.2, 0) is 0 Å². The lowest BCUT2D eigenvalue weighted by molar-refractivity contribution is 0.669. The second kappa shape index (κ2) is 11.9. The summed E-state index contributed by atoms with van der Waals surface area (Å²) in [4.78, 5) is 15.0. The van der Waals surface area contributed by atoms with E-state index in [9.17, 15) is 0 Å². The van der Waals surface area contributed by atoms with Crippen molar-refractivity contribution < 1.29 is 4.42 Å². The third-order valence-electron chi connectivity index (χ3n) is 9.74. The predicted octanol–water partition coefficient (Wildman–Crippen LogP) is 12.4. The van der Waals surface area contributed by atoms with E-state index in [1.807, 2.05) is 60.7 Å². The van der Waals surface area contributed by atoms with Gasteiger partial charge in [-0.15, -0.1) is 0 Å². The fourth-order valence-electron chi connectivity index (χ4n) is 7.25. The molecule has 0 radical (unpaired) electrons. The zero-order chi connectivity index (χ0) is 33.7. The van der Waals surface area contributed by atoms with Crippen LogP contribution in [0, 0.1) is 0 Å². The van der Waals surface area contributed by atoms with Gasteiger partial charge < -0.3 is 4.42 Å². The minimum Gasteiger partial charge on any atom is -0.456 e. The lowest BCUT2D eigenvalue weighted by Gasteiger charge is -2.11. The number of rotatable bonds is 5. The van der Waals surface area contributed by atoms with Crippen LogP contribution in [0.4, 0.5) is 0 Å². The van der Waals surface area contributed by atoms with Gasteiger partial charge in [0, 0.05) is 27.5 Å². The van der Waals surface area contributed by atoms with Crippen molar-refractivity contribution in [3.05, 3.63) is 176 Å². The molecule has 0 aliphatic heterocycles. The molecule has 0 aliphatic rings. The molecule has 238 valence electrons. The van der Waals surface area contributed by atoms with Crippen LogP contribution < -0.4 is 0 Å². The Morgan fingerprint density at radius 3 is 1.61 bits per heavy atom. The van der Waals surface area contributed by atoms with E-state index in [0.717, 1.165) is 60.5 Å². The smallest absolute Gasteiger partial charge is 0.164 e. The molecule has 0 aliphatic carbocycles. The number of fused-ring (bicyclic) bond motifs is 6. The number of benzene rings is 8. The molecule has 0 atom stereocenters. The maximum Gasteiger partial charge on any atom is 0.164 e. The number of aromatic nitrogens is 3. The first-order chi connectivity index (χ1) is 25.3. The van der Waals surface area contributed by atoms with Crippen LogP contribution in [0.3, 0.4) is 0 Å². The Balaban J connectivity index is 1.11. The first-order valence-corrected chi connectivity index (χ1v) is 17.1. The van der Waals surface area contributed by atoms with Gasteiger partial charge in [0.2, 0.25) is 0 Å². The van der Waals surface area contributed by atoms with Gasteiger partial charge in [0.25, 0.3) is 0 Å². The predicted molar refractivity (Wildman–Crippen MR) is 209 cm³/mol. The fourth-order valence-corrected chi connectivity index (χ4v) is 7.25. The Kier molecular flexibility index (Phi) is 6.78. The fraction of sp³-hybridized carbons (Fsp3) is 0. The van der Waals surface area contributed by atoms with Gasteiger partial charge in [-0.2, -0.15) is 0 Å². The molecular formula is C47H29N3O. The highest BCUT2D eigenvalue weighted by molar-refractivity contribution is 6.22. The van der Waals surface area contributed by atoms with Gasteiger partial charge in [0.15, 0.2) is 17.5 Å². The topological polar surface area (TPSA) is 51.8 Å². The number of nitrogens with zero attached hydrogens (tertiary/aromatic N) is 3. The van der Waals surface area contributed by atoms with Crippen molar-refractivity contribution in [1.82, 2.24) is 15.0 Å². The van der Waals surface area contributed by atoms with Crippen LogP contribution in [0.2, 0.25) is 0 Å². The van der Waals surface area contributed by atoms with Gasteiger partial charge in [-0.1, -0.05) is 158 Å². The van der Waals surface area contributed by atoms with Gasteiger partial charge in [-0.3, -0.25) is 0 Å². The molecule has 0 unspecified atom stereocenters. The Morgan fingerprint density at radius 2 is 0.882 bits per heavy atom. The van der Waals surface area contributed by atoms with Crippen molar-refractivity contribution in [1.29, 1.82) is 0 Å². The molecule has 2 heterocycles. The average Bonchev–Trinajstić information content (AvgIpc) is 3.59. The quantitative estimate of drug-likeness (QED) is 0.186. The Bertz CT molecular complexity index is 2830. The normalized spacial score (nSPS) is 11.5. The summed E-state index contributed by atoms with van der Waals surface area (Å²) in [7, 11) is 0. The van der Waals surface area contributed by atoms with Crippen molar-refractivity contribution in [3.8, 4) is 56.4 Å². The van der Waals surface area contributed by atoms with E-state index >= 15 is 0 Å². The highest BCUT2D eigenvalue weighted by Gasteiger charge is 2.19. The van der Waals surface area contributed by atoms with E-state index in [-0.39, 0.29) is 0 Å². The molecule has 0 saturated heterocycles. The Morgan fingerprint density at radius 1 is 0.314 bits per heavy atom. The van der Waals surface area contributed by atoms with Crippen molar-refractivity contribution >= 4 is 43.5 Å². The van der Waals surface area contributed by atoms with Crippen molar-refractivity contribution in [2.75, 3.05) is 0 Å². The summed E-state index contributed by atoms with van der Waals surface area (Å²) in [6, 6.07) is 61.0. The molecule has 0 N–H and O–H groups in total. The van der Waals surface area contributed by atoms with E-state index in [4.69, 9.17) is 19.4 Å². The minimum atomic E-state index is 0.605. The number of hydrogen-bond donors (Lipinski definition) is 0. The summed E-state index contributed by atoms with van der Waals surface area (Å²) in [5.74, 6) is 1.86. The number of furan rings is 1. The maximum atomic E-state index is 6.68. The molecule has 4 nitrogen and oxygen atoms in total. The molecule has 10 rings (SSSR count). The van der Waals surface area contributed by atoms with Gasteiger partial charge in [0.05, 0.1) is 0 Å². The monoisotopic (exact) mass is 651 g/mol. The van der Waals surface area contributed by atoms with E-state index < -0.39 is 0 Å². The largest absolute Gasteiger partial charge is 0.456 e. The van der Waals surface area contributed by atoms with E-state index in [0.29, 0.717) is 17.5 Å². The molecule has 51 heavy (non-hydrogen) atoms. The lowest BCUT2D eigenvalue weighted by atomic mass is 9.95. The van der Waals surface area contributed by atoms with Crippen LogP contribution in [0.15, 0.2) is 180 Å². The molecule has 0 bridgehead atoms. The first kappa shape index (κ1) is 29.0. The van der Waals surface area contributed by atoms with Gasteiger partial charge in [-0.05, 0) is 62.0 Å². The zero-order valence-corrected chi connectivity index (χ0v) is 27.5. The third-order valence-corrected chi connectivity index (χ3v) is 9.74. The third kappa shape index (κ3) is 5.04. The summed E-state index contributed by atoms with van der Waals surface area (Å²) in [6.07, 6.45) is 0. The van der Waals surface area contributed by atoms with Crippen LogP contribution in [-0.4, -0.2) is 15.0 Å². The molecule has 4 heteroatoms. The molecule has 0 amide bonds. The van der Waals surface area contributed by atoms with Crippen molar-refractivity contribution in [3.63, 3.8) is 0 Å². The summed E-state index contributed by atoms with van der Waals surface area (Å²) in [5, 5.41) is 6.82. The van der Waals surface area contributed by atoms with Crippen LogP contribution >= 0.6 is 0 Å². The molecule has 0 saturated carbocycles. The Labute approximate surface area is 294 Å². The van der Waals surface area contributed by atoms with E-state index in [2.05, 4.69) is 115 Å². The van der Waals surface area contributed by atoms with Gasteiger partial charge in [-0.25, -0.2) is 15.0 Å². The van der Waals surface area contributed by atoms with E-state index in [1.165, 1.54) is 21.9 Å². The lowest BCUT2D eigenvalue weighted by Crippen LogP contribution is -2.00. The minimum absolute atomic E-state index is 0.605. The highest BCUT2D eigenvalue weighted by Crippen LogP contribution is 2.41. The van der Waals surface area contributed by atoms with E-state index in [1.54, 1.807) is 0 Å². The first-order valence-electron chi connectivity index (χ1n) is 17.1. The second-order valence-corrected chi connectivity index (χ2v) is 12.8. The van der Waals surface area contributed by atoms with Gasteiger partial charge >= 0.3 is 0 Å². The summed E-state index contributed by atoms with van der Waals surface area (Å²) >= 11 is 0. The maximum absolute atomic E-state index is 6.68. The molecular weight excluding hydrogens is 623 g/mol. The summed E-state index contributed by atoms with van der Waals surface area (Å²) in [5.41, 5.74) is 9.09. The molecule has 2 aromatic heterocycles. The second-order valence-electron chi connectivity index (χ2n) is 12.8. The highest BCUT2D eigenvalue weighted by atomic mass is 16.3. The van der Waals surface area contributed by atoms with Crippen molar-refractivity contribution in [2.24, 2.45) is 0 Å². The van der Waals surface area contributed by atoms with Gasteiger partial charge in [0.1, 0.15) is 11.2 Å². The summed E-state index contributed by atoms with van der Waals surface area (Å²) < 4.78 is 6.68. The van der Waals surface area contributed by atoms with Crippen molar-refractivity contribution in [2.45, 2.75) is 0 Å². The number of hydrogen-bond acceptors (Lipinski definition) is 4. The van der Waals surface area contributed by atoms with Crippen LogP contribution in [0.5, 0.6) is 0 Å². The average molecular weight is 652 g/mol. The standard InChI is InChI=1S/C47H29N3O/c1-3-13-33(14-4-1)45-48-46(34-15-5-2-6-16-34)50-47(49-45)41-29-43-44(39-20-10-9-19-38(39)41)40-27-26-35(28-42(40)51-43)30-22-24-32(25-23-30)37-21-11-17-31-12-7-8-18-36(31)37/h1-29H. The van der Waals surface area contributed by atoms with Crippen LogP contribution in [0.1, 0.15) is 0 Å². The molecule has 10 aromatic rings. The SMILES string of the molecule is c1ccc(-c2nc(-c3ccccc3)nc(-c3cc4oc5cc(-c6ccc(-c7cccc8ccccc78)cc6)ccc5c4c4ccccc34)n2)cc1.